The molecule has 3 unspecified atom stereocenters. The Morgan fingerprint density at radius 1 is 1.15 bits per heavy atom. The third kappa shape index (κ3) is 5.46. The fraction of sp³-hybridized carbons (Fsp3) is 0.321. The molecule has 0 spiro atoms. The lowest BCUT2D eigenvalue weighted by Crippen LogP contribution is -2.33. The summed E-state index contributed by atoms with van der Waals surface area (Å²) >= 11 is 1.54. The van der Waals surface area contributed by atoms with Gasteiger partial charge in [0.25, 0.3) is 0 Å². The highest BCUT2D eigenvalue weighted by Gasteiger charge is 2.37. The molecule has 2 aromatic heterocycles. The first-order chi connectivity index (χ1) is 18.9. The number of carbonyl (C=O) groups excluding carboxylic acids is 1. The number of ether oxygens (including phenoxy) is 1. The largest absolute Gasteiger partial charge is 0.445 e. The van der Waals surface area contributed by atoms with Gasteiger partial charge < -0.3 is 19.9 Å². The number of thiophene rings is 1. The fourth-order valence-corrected chi connectivity index (χ4v) is 7.09. The van der Waals surface area contributed by atoms with E-state index >= 15 is 4.39 Å². The summed E-state index contributed by atoms with van der Waals surface area (Å²) in [4.78, 5) is 27.6. The molecule has 3 atom stereocenters. The molecule has 39 heavy (non-hydrogen) atoms. The van der Waals surface area contributed by atoms with E-state index in [9.17, 15) is 9.00 Å². The zero-order valence-corrected chi connectivity index (χ0v) is 23.0. The van der Waals surface area contributed by atoms with Crippen LogP contribution in [0.25, 0.3) is 10.2 Å². The Hall–Kier alpha value is -3.57. The van der Waals surface area contributed by atoms with E-state index in [4.69, 9.17) is 14.7 Å². The average Bonchev–Trinajstić information content (AvgIpc) is 3.46. The number of hydrogen-bond donors (Lipinski definition) is 1. The average molecular weight is 566 g/mol. The van der Waals surface area contributed by atoms with Crippen molar-refractivity contribution < 1.29 is 18.1 Å². The molecular weight excluding hydrogens is 537 g/mol. The summed E-state index contributed by atoms with van der Waals surface area (Å²) in [6, 6.07) is 18.5. The smallest absolute Gasteiger partial charge is 0.410 e. The van der Waals surface area contributed by atoms with Crippen molar-refractivity contribution in [3.8, 4) is 0 Å². The molecule has 1 N–H and O–H groups in total. The summed E-state index contributed by atoms with van der Waals surface area (Å²) in [7, 11) is -1.10. The highest BCUT2D eigenvalue weighted by Crippen LogP contribution is 2.34. The van der Waals surface area contributed by atoms with Crippen molar-refractivity contribution in [1.82, 2.24) is 14.9 Å². The lowest BCUT2D eigenvalue weighted by atomic mass is 10.2. The van der Waals surface area contributed by atoms with Crippen LogP contribution in [0.15, 0.2) is 65.6 Å². The van der Waals surface area contributed by atoms with E-state index in [0.29, 0.717) is 30.6 Å². The van der Waals surface area contributed by atoms with Gasteiger partial charge in [0.1, 0.15) is 18.6 Å². The van der Waals surface area contributed by atoms with Gasteiger partial charge in [0.05, 0.1) is 33.6 Å². The van der Waals surface area contributed by atoms with E-state index in [2.05, 4.69) is 5.32 Å². The molecule has 1 fully saturated rings. The number of amides is 1. The number of anilines is 2. The van der Waals surface area contributed by atoms with Gasteiger partial charge in [0, 0.05) is 35.2 Å². The molecule has 2 aromatic carbocycles. The predicted molar refractivity (Wildman–Crippen MR) is 151 cm³/mol. The van der Waals surface area contributed by atoms with Gasteiger partial charge in [-0.2, -0.15) is 4.98 Å². The van der Waals surface area contributed by atoms with Crippen molar-refractivity contribution in [2.45, 2.75) is 37.2 Å². The quantitative estimate of drug-likeness (QED) is 0.368. The van der Waals surface area contributed by atoms with E-state index in [0.717, 1.165) is 31.1 Å². The standard InChI is InChI=1S/C28H28FN5O3S2/c1-18-13-22-25(38-18)26(32-27(31-22)33-11-12-39(36)24-10-6-5-9-20(24)14-33)30-23-16-34(15-21(23)29)28(35)37-17-19-7-3-2-4-8-19/h2-10,13,21,23H,11-12,14-17H2,1H3,(H,30,31,32). The van der Waals surface area contributed by atoms with Crippen LogP contribution in [0.3, 0.4) is 0 Å². The second-order valence-corrected chi connectivity index (χ2v) is 12.5. The van der Waals surface area contributed by atoms with Gasteiger partial charge in [0.15, 0.2) is 0 Å². The van der Waals surface area contributed by atoms with Crippen molar-refractivity contribution in [3.05, 3.63) is 76.7 Å². The predicted octanol–water partition coefficient (Wildman–Crippen LogP) is 4.90. The van der Waals surface area contributed by atoms with Crippen molar-refractivity contribution in [1.29, 1.82) is 0 Å². The van der Waals surface area contributed by atoms with E-state index in [-0.39, 0.29) is 19.7 Å². The lowest BCUT2D eigenvalue weighted by molar-refractivity contribution is 0.102. The number of nitrogens with one attached hydrogen (secondary N) is 1. The van der Waals surface area contributed by atoms with Gasteiger partial charge in [-0.3, -0.25) is 4.21 Å². The second-order valence-electron chi connectivity index (χ2n) is 9.73. The molecule has 1 amide bonds. The fourth-order valence-electron chi connectivity index (χ4n) is 4.93. The molecule has 1 saturated heterocycles. The first kappa shape index (κ1) is 25.7. The number of likely N-dealkylation sites (tertiary alicyclic amines) is 1. The zero-order chi connectivity index (χ0) is 26.9. The molecular formula is C28H28FN5O3S2. The van der Waals surface area contributed by atoms with Crippen LogP contribution < -0.4 is 10.2 Å². The third-order valence-corrected chi connectivity index (χ3v) is 9.41. The number of fused-ring (bicyclic) bond motifs is 2. The number of aromatic nitrogens is 2. The normalized spacial score (nSPS) is 21.0. The minimum Gasteiger partial charge on any atom is -0.445 e. The SMILES string of the molecule is Cc1cc2nc(N3CCS(=O)c4ccccc4C3)nc(NC3CN(C(=O)OCc4ccccc4)CC3F)c2s1. The Balaban J connectivity index is 1.22. The number of alkyl halides is 1. The molecule has 2 aliphatic heterocycles. The number of carbonyl (C=O) groups is 1. The Kier molecular flexibility index (Phi) is 7.18. The third-order valence-electron chi connectivity index (χ3n) is 6.93. The molecule has 0 aliphatic carbocycles. The number of hydrogen-bond acceptors (Lipinski definition) is 8. The molecule has 11 heteroatoms. The Labute approximate surface area is 232 Å². The monoisotopic (exact) mass is 565 g/mol. The Bertz CT molecular complexity index is 1530. The Morgan fingerprint density at radius 3 is 2.79 bits per heavy atom. The van der Waals surface area contributed by atoms with Crippen LogP contribution in [-0.4, -0.2) is 62.8 Å². The molecule has 202 valence electrons. The number of halogens is 1. The second kappa shape index (κ2) is 10.9. The first-order valence-corrected chi connectivity index (χ1v) is 14.9. The number of benzene rings is 2. The van der Waals surface area contributed by atoms with Crippen molar-refractivity contribution in [3.63, 3.8) is 0 Å². The summed E-state index contributed by atoms with van der Waals surface area (Å²) in [5.41, 5.74) is 2.63. The Morgan fingerprint density at radius 2 is 1.95 bits per heavy atom. The van der Waals surface area contributed by atoms with Crippen LogP contribution in [0, 0.1) is 6.92 Å². The first-order valence-electron chi connectivity index (χ1n) is 12.8. The number of rotatable bonds is 5. The molecule has 0 saturated carbocycles. The molecule has 0 bridgehead atoms. The van der Waals surface area contributed by atoms with Crippen LogP contribution in [0.1, 0.15) is 16.0 Å². The highest BCUT2D eigenvalue weighted by atomic mass is 32.2. The van der Waals surface area contributed by atoms with Gasteiger partial charge in [0.2, 0.25) is 5.95 Å². The molecule has 4 heterocycles. The van der Waals surface area contributed by atoms with Crippen LogP contribution in [0.5, 0.6) is 0 Å². The van der Waals surface area contributed by atoms with Crippen molar-refractivity contribution in [2.24, 2.45) is 0 Å². The van der Waals surface area contributed by atoms with Gasteiger partial charge in [-0.25, -0.2) is 14.2 Å². The maximum atomic E-state index is 15.2. The van der Waals surface area contributed by atoms with Crippen molar-refractivity contribution >= 4 is 50.2 Å². The topological polar surface area (TPSA) is 87.7 Å². The number of aryl methyl sites for hydroxylation is 1. The van der Waals surface area contributed by atoms with E-state index in [1.165, 1.54) is 4.90 Å². The zero-order valence-electron chi connectivity index (χ0n) is 21.4. The summed E-state index contributed by atoms with van der Waals surface area (Å²) in [6.45, 7) is 3.32. The van der Waals surface area contributed by atoms with Crippen LogP contribution in [-0.2, 0) is 28.7 Å². The molecule has 6 rings (SSSR count). The van der Waals surface area contributed by atoms with Gasteiger partial charge in [-0.1, -0.05) is 48.5 Å². The summed E-state index contributed by atoms with van der Waals surface area (Å²) in [6.07, 6.45) is -1.82. The maximum absolute atomic E-state index is 15.2. The van der Waals surface area contributed by atoms with Gasteiger partial charge in [-0.05, 0) is 30.2 Å². The van der Waals surface area contributed by atoms with Gasteiger partial charge in [-0.15, -0.1) is 11.3 Å². The van der Waals surface area contributed by atoms with E-state index < -0.39 is 29.1 Å². The summed E-state index contributed by atoms with van der Waals surface area (Å²) in [5, 5.41) is 3.28. The molecule has 8 nitrogen and oxygen atoms in total. The highest BCUT2D eigenvalue weighted by molar-refractivity contribution is 7.85. The van der Waals surface area contributed by atoms with Crippen LogP contribution in [0.4, 0.5) is 21.0 Å². The summed E-state index contributed by atoms with van der Waals surface area (Å²) < 4.78 is 34.2. The molecule has 0 radical (unpaired) electrons. The number of nitrogens with zero attached hydrogens (tertiary/aromatic N) is 4. The van der Waals surface area contributed by atoms with Crippen LogP contribution >= 0.6 is 11.3 Å². The maximum Gasteiger partial charge on any atom is 0.410 e. The van der Waals surface area contributed by atoms with E-state index in [1.54, 1.807) is 11.3 Å². The van der Waals surface area contributed by atoms with Crippen LogP contribution in [0.2, 0.25) is 0 Å². The van der Waals surface area contributed by atoms with Gasteiger partial charge >= 0.3 is 6.09 Å². The summed E-state index contributed by atoms with van der Waals surface area (Å²) in [5.74, 6) is 1.52. The molecule has 4 aromatic rings. The molecule has 2 aliphatic rings. The van der Waals surface area contributed by atoms with E-state index in [1.807, 2.05) is 72.5 Å². The van der Waals surface area contributed by atoms with Crippen molar-refractivity contribution in [2.75, 3.05) is 35.6 Å². The minimum atomic E-state index is -1.28. The minimum absolute atomic E-state index is 0.0510. The lowest BCUT2D eigenvalue weighted by Gasteiger charge is -2.22.